The second-order valence-electron chi connectivity index (χ2n) is 6.25. The Morgan fingerprint density at radius 3 is 2.27 bits per heavy atom. The van der Waals surface area contributed by atoms with E-state index in [4.69, 9.17) is 9.73 Å². The van der Waals surface area contributed by atoms with Crippen molar-refractivity contribution in [2.45, 2.75) is 6.54 Å². The number of benzene rings is 3. The van der Waals surface area contributed by atoms with E-state index in [9.17, 15) is 0 Å². The van der Waals surface area contributed by atoms with Crippen LogP contribution in [0.15, 0.2) is 84.0 Å². The van der Waals surface area contributed by atoms with Gasteiger partial charge in [0.1, 0.15) is 17.9 Å². The first kappa shape index (κ1) is 14.9. The minimum Gasteiger partial charge on any atom is -0.489 e. The van der Waals surface area contributed by atoms with Crippen LogP contribution in [-0.4, -0.2) is 22.1 Å². The first-order valence-corrected chi connectivity index (χ1v) is 8.71. The Morgan fingerprint density at radius 1 is 0.885 bits per heavy atom. The van der Waals surface area contributed by atoms with Gasteiger partial charge >= 0.3 is 0 Å². The lowest BCUT2D eigenvalue weighted by Crippen LogP contribution is -2.14. The van der Waals surface area contributed by atoms with Crippen molar-refractivity contribution in [1.82, 2.24) is 9.78 Å². The molecule has 0 saturated heterocycles. The molecule has 5 rings (SSSR count). The Hall–Kier alpha value is -3.40. The van der Waals surface area contributed by atoms with E-state index in [-0.39, 0.29) is 0 Å². The zero-order chi connectivity index (χ0) is 17.3. The molecule has 0 amide bonds. The molecule has 0 N–H and O–H groups in total. The highest BCUT2D eigenvalue weighted by Gasteiger charge is 2.17. The first-order valence-electron chi connectivity index (χ1n) is 8.71. The molecule has 4 heteroatoms. The normalized spacial score (nSPS) is 12.6. The van der Waals surface area contributed by atoms with Crippen molar-refractivity contribution in [3.63, 3.8) is 0 Å². The summed E-state index contributed by atoms with van der Waals surface area (Å²) in [5.74, 6) is 0.878. The van der Waals surface area contributed by atoms with Gasteiger partial charge in [0.2, 0.25) is 0 Å². The number of hydrogen-bond donors (Lipinski definition) is 0. The van der Waals surface area contributed by atoms with Crippen molar-refractivity contribution in [3.8, 4) is 5.75 Å². The fourth-order valence-corrected chi connectivity index (χ4v) is 3.39. The van der Waals surface area contributed by atoms with Gasteiger partial charge in [0.05, 0.1) is 24.1 Å². The molecule has 0 bridgehead atoms. The summed E-state index contributed by atoms with van der Waals surface area (Å²) in [4.78, 5) is 5.05. The lowest BCUT2D eigenvalue weighted by molar-refractivity contribution is 0.278. The molecule has 0 saturated carbocycles. The molecule has 4 nitrogen and oxygen atoms in total. The van der Waals surface area contributed by atoms with Gasteiger partial charge in [0.25, 0.3) is 0 Å². The van der Waals surface area contributed by atoms with Gasteiger partial charge in [0.15, 0.2) is 0 Å². The van der Waals surface area contributed by atoms with Gasteiger partial charge in [-0.15, -0.1) is 0 Å². The van der Waals surface area contributed by atoms with Gasteiger partial charge in [-0.2, -0.15) is 5.10 Å². The summed E-state index contributed by atoms with van der Waals surface area (Å²) in [6, 6.07) is 24.6. The van der Waals surface area contributed by atoms with E-state index in [2.05, 4.69) is 29.4 Å². The Kier molecular flexibility index (Phi) is 3.53. The van der Waals surface area contributed by atoms with Crippen LogP contribution in [0.25, 0.3) is 10.9 Å². The molecule has 0 aliphatic carbocycles. The van der Waals surface area contributed by atoms with Crippen molar-refractivity contribution in [2.24, 2.45) is 4.99 Å². The molecule has 0 radical (unpaired) electrons. The van der Waals surface area contributed by atoms with E-state index >= 15 is 0 Å². The average Bonchev–Trinajstić information content (AvgIpc) is 3.15. The number of aliphatic imine (C=N–C) groups is 1. The highest BCUT2D eigenvalue weighted by Crippen LogP contribution is 2.35. The van der Waals surface area contributed by atoms with E-state index < -0.39 is 0 Å². The minimum atomic E-state index is 0.658. The van der Waals surface area contributed by atoms with Crippen LogP contribution in [0.5, 0.6) is 5.75 Å². The summed E-state index contributed by atoms with van der Waals surface area (Å²) in [7, 11) is 0. The third-order valence-electron chi connectivity index (χ3n) is 4.63. The summed E-state index contributed by atoms with van der Waals surface area (Å²) in [5.41, 5.74) is 5.06. The highest BCUT2D eigenvalue weighted by atomic mass is 16.5. The quantitative estimate of drug-likeness (QED) is 0.512. The Bertz CT molecular complexity index is 1060. The molecule has 0 atom stereocenters. The monoisotopic (exact) mass is 339 g/mol. The van der Waals surface area contributed by atoms with E-state index in [1.54, 1.807) is 0 Å². The fourth-order valence-electron chi connectivity index (χ4n) is 3.39. The second-order valence-corrected chi connectivity index (χ2v) is 6.25. The van der Waals surface area contributed by atoms with Crippen LogP contribution in [-0.2, 0) is 6.54 Å². The lowest BCUT2D eigenvalue weighted by Gasteiger charge is -2.16. The van der Waals surface area contributed by atoms with Gasteiger partial charge in [-0.1, -0.05) is 60.7 Å². The van der Waals surface area contributed by atoms with Crippen LogP contribution in [0.2, 0.25) is 0 Å². The van der Waals surface area contributed by atoms with Gasteiger partial charge < -0.3 is 4.74 Å². The van der Waals surface area contributed by atoms with E-state index in [1.165, 1.54) is 0 Å². The number of rotatable bonds is 3. The zero-order valence-corrected chi connectivity index (χ0v) is 14.2. The maximum atomic E-state index is 5.77. The SMILES string of the molecule is c1ccc(C(=Nc2ccc3c4c2cnn4CCO3)c2ccccc2)cc1. The summed E-state index contributed by atoms with van der Waals surface area (Å²) in [6.07, 6.45) is 1.89. The smallest absolute Gasteiger partial charge is 0.145 e. The predicted octanol–water partition coefficient (Wildman–Crippen LogP) is 4.60. The molecule has 1 aliphatic rings. The number of hydrogen-bond acceptors (Lipinski definition) is 3. The Labute approximate surface area is 151 Å². The molecule has 0 unspecified atom stereocenters. The summed E-state index contributed by atoms with van der Waals surface area (Å²) < 4.78 is 7.77. The summed E-state index contributed by atoms with van der Waals surface area (Å²) in [5, 5.41) is 5.53. The number of aromatic nitrogens is 2. The fraction of sp³-hybridized carbons (Fsp3) is 0.0909. The molecule has 4 aromatic rings. The largest absolute Gasteiger partial charge is 0.489 e. The zero-order valence-electron chi connectivity index (χ0n) is 14.2. The van der Waals surface area contributed by atoms with Crippen LogP contribution < -0.4 is 4.74 Å². The molecule has 1 aromatic heterocycles. The van der Waals surface area contributed by atoms with Gasteiger partial charge in [0, 0.05) is 16.5 Å². The molecule has 3 aromatic carbocycles. The third kappa shape index (κ3) is 2.47. The van der Waals surface area contributed by atoms with Crippen molar-refractivity contribution in [2.75, 3.05) is 6.61 Å². The predicted molar refractivity (Wildman–Crippen MR) is 103 cm³/mol. The highest BCUT2D eigenvalue weighted by molar-refractivity contribution is 6.15. The molecular weight excluding hydrogens is 322 g/mol. The van der Waals surface area contributed by atoms with Gasteiger partial charge in [-0.3, -0.25) is 4.68 Å². The maximum Gasteiger partial charge on any atom is 0.145 e. The molecule has 0 spiro atoms. The van der Waals surface area contributed by atoms with Crippen molar-refractivity contribution >= 4 is 22.3 Å². The molecule has 26 heavy (non-hydrogen) atoms. The van der Waals surface area contributed by atoms with Crippen molar-refractivity contribution < 1.29 is 4.74 Å². The third-order valence-corrected chi connectivity index (χ3v) is 4.63. The molecule has 126 valence electrons. The maximum absolute atomic E-state index is 5.77. The standard InChI is InChI=1S/C22H17N3O/c1-3-7-16(8-4-1)21(17-9-5-2-6-10-17)24-19-11-12-20-22-18(19)15-23-25(22)13-14-26-20/h1-12,15H,13-14H2. The number of nitrogens with zero attached hydrogens (tertiary/aromatic N) is 3. The van der Waals surface area contributed by atoms with Gasteiger partial charge in [-0.25, -0.2) is 4.99 Å². The second kappa shape index (κ2) is 6.15. The van der Waals surface area contributed by atoms with E-state index in [0.717, 1.165) is 45.7 Å². The molecular formula is C22H17N3O. The van der Waals surface area contributed by atoms with Gasteiger partial charge in [-0.05, 0) is 12.1 Å². The summed E-state index contributed by atoms with van der Waals surface area (Å²) >= 11 is 0. The topological polar surface area (TPSA) is 39.4 Å². The van der Waals surface area contributed by atoms with Crippen molar-refractivity contribution in [1.29, 1.82) is 0 Å². The molecule has 2 heterocycles. The molecule has 0 fully saturated rings. The summed E-state index contributed by atoms with van der Waals surface area (Å²) in [6.45, 7) is 1.43. The van der Waals surface area contributed by atoms with Crippen LogP contribution in [0, 0.1) is 0 Å². The lowest BCUT2D eigenvalue weighted by atomic mass is 10.0. The molecule has 1 aliphatic heterocycles. The number of ether oxygens (including phenoxy) is 1. The average molecular weight is 339 g/mol. The van der Waals surface area contributed by atoms with E-state index in [0.29, 0.717) is 6.61 Å². The van der Waals surface area contributed by atoms with Crippen LogP contribution in [0.4, 0.5) is 5.69 Å². The Balaban J connectivity index is 1.73. The Morgan fingerprint density at radius 2 is 1.58 bits per heavy atom. The first-order chi connectivity index (χ1) is 12.9. The van der Waals surface area contributed by atoms with Crippen LogP contribution >= 0.6 is 0 Å². The van der Waals surface area contributed by atoms with Crippen LogP contribution in [0.3, 0.4) is 0 Å². The minimum absolute atomic E-state index is 0.658. The van der Waals surface area contributed by atoms with E-state index in [1.807, 2.05) is 59.4 Å². The van der Waals surface area contributed by atoms with Crippen LogP contribution in [0.1, 0.15) is 11.1 Å². The van der Waals surface area contributed by atoms with Crippen molar-refractivity contribution in [3.05, 3.63) is 90.1 Å².